The van der Waals surface area contributed by atoms with Crippen LogP contribution in [0.15, 0.2) is 12.3 Å². The van der Waals surface area contributed by atoms with Crippen LogP contribution in [-0.2, 0) is 9.47 Å². The second kappa shape index (κ2) is 11.1. The molecule has 0 saturated carbocycles. The highest BCUT2D eigenvalue weighted by Crippen LogP contribution is 2.11. The Morgan fingerprint density at radius 2 is 1.95 bits per heavy atom. The van der Waals surface area contributed by atoms with Crippen molar-refractivity contribution in [2.45, 2.75) is 51.6 Å². The van der Waals surface area contributed by atoms with E-state index < -0.39 is 6.10 Å². The number of aliphatic hydroxyl groups is 1. The Bertz CT molecular complexity index is 252. The molecule has 1 aliphatic rings. The summed E-state index contributed by atoms with van der Waals surface area (Å²) in [5, 5.41) is 9.94. The molecule has 0 amide bonds. The number of ether oxygens (including phenoxy) is 2. The van der Waals surface area contributed by atoms with Crippen molar-refractivity contribution in [2.75, 3.05) is 39.5 Å². The second-order valence-corrected chi connectivity index (χ2v) is 5.58. The molecule has 118 valence electrons. The standard InChI is InChI=1S/C16H31NO3/c1-3-4-5-6-7-8-15(2)20-14-16(18)13-17-9-11-19-12-10-17/h16,18H,2-14H2,1H3. The molecule has 1 rings (SSSR count). The van der Waals surface area contributed by atoms with Crippen molar-refractivity contribution in [3.05, 3.63) is 12.3 Å². The van der Waals surface area contributed by atoms with Gasteiger partial charge in [0.25, 0.3) is 0 Å². The van der Waals surface area contributed by atoms with Crippen molar-refractivity contribution in [1.29, 1.82) is 0 Å². The molecule has 0 aromatic heterocycles. The van der Waals surface area contributed by atoms with Gasteiger partial charge in [0, 0.05) is 26.1 Å². The summed E-state index contributed by atoms with van der Waals surface area (Å²) in [7, 11) is 0. The maximum atomic E-state index is 9.94. The van der Waals surface area contributed by atoms with Gasteiger partial charge in [-0.25, -0.2) is 0 Å². The summed E-state index contributed by atoms with van der Waals surface area (Å²) in [5.74, 6) is 0.808. The van der Waals surface area contributed by atoms with Crippen molar-refractivity contribution in [1.82, 2.24) is 4.90 Å². The van der Waals surface area contributed by atoms with Gasteiger partial charge in [0.05, 0.1) is 19.0 Å². The molecule has 0 aromatic carbocycles. The molecule has 20 heavy (non-hydrogen) atoms. The lowest BCUT2D eigenvalue weighted by atomic mass is 10.1. The van der Waals surface area contributed by atoms with E-state index in [4.69, 9.17) is 9.47 Å². The number of hydrogen-bond acceptors (Lipinski definition) is 4. The fraction of sp³-hybridized carbons (Fsp3) is 0.875. The van der Waals surface area contributed by atoms with E-state index in [9.17, 15) is 5.11 Å². The minimum absolute atomic E-state index is 0.352. The molecular weight excluding hydrogens is 254 g/mol. The lowest BCUT2D eigenvalue weighted by molar-refractivity contribution is -0.00395. The lowest BCUT2D eigenvalue weighted by Crippen LogP contribution is -2.42. The van der Waals surface area contributed by atoms with E-state index in [2.05, 4.69) is 18.4 Å². The van der Waals surface area contributed by atoms with Crippen molar-refractivity contribution in [3.63, 3.8) is 0 Å². The van der Waals surface area contributed by atoms with Crippen LogP contribution in [0.4, 0.5) is 0 Å². The molecule has 4 heteroatoms. The minimum atomic E-state index is -0.440. The maximum Gasteiger partial charge on any atom is 0.115 e. The van der Waals surface area contributed by atoms with Gasteiger partial charge < -0.3 is 14.6 Å². The van der Waals surface area contributed by atoms with Crippen LogP contribution in [0.5, 0.6) is 0 Å². The highest BCUT2D eigenvalue weighted by atomic mass is 16.5. The van der Waals surface area contributed by atoms with Gasteiger partial charge in [0.15, 0.2) is 0 Å². The van der Waals surface area contributed by atoms with Crippen molar-refractivity contribution >= 4 is 0 Å². The zero-order chi connectivity index (χ0) is 14.6. The van der Waals surface area contributed by atoms with Gasteiger partial charge in [-0.2, -0.15) is 0 Å². The van der Waals surface area contributed by atoms with Crippen LogP contribution in [-0.4, -0.2) is 55.6 Å². The van der Waals surface area contributed by atoms with Crippen molar-refractivity contribution in [3.8, 4) is 0 Å². The molecule has 0 aliphatic carbocycles. The predicted molar refractivity (Wildman–Crippen MR) is 81.7 cm³/mol. The fourth-order valence-electron chi connectivity index (χ4n) is 2.35. The third-order valence-electron chi connectivity index (χ3n) is 3.61. The quantitative estimate of drug-likeness (QED) is 0.468. The molecule has 1 saturated heterocycles. The molecule has 4 nitrogen and oxygen atoms in total. The first-order valence-electron chi connectivity index (χ1n) is 8.01. The molecule has 1 aliphatic heterocycles. The van der Waals surface area contributed by atoms with Crippen LogP contribution >= 0.6 is 0 Å². The average Bonchev–Trinajstić information content (AvgIpc) is 2.46. The first-order chi connectivity index (χ1) is 9.72. The van der Waals surface area contributed by atoms with Gasteiger partial charge >= 0.3 is 0 Å². The number of β-amino-alcohol motifs (C(OH)–C–C–N with tert-alkyl or cyclic N) is 1. The largest absolute Gasteiger partial charge is 0.496 e. The zero-order valence-electron chi connectivity index (χ0n) is 13.0. The Morgan fingerprint density at radius 3 is 2.65 bits per heavy atom. The van der Waals surface area contributed by atoms with Crippen molar-refractivity contribution < 1.29 is 14.6 Å². The SMILES string of the molecule is C=C(CCCCCCC)OCC(O)CN1CCOCC1. The van der Waals surface area contributed by atoms with E-state index in [1.165, 1.54) is 25.7 Å². The van der Waals surface area contributed by atoms with Gasteiger partial charge in [0.1, 0.15) is 12.7 Å². The molecule has 0 aromatic rings. The molecule has 1 unspecified atom stereocenters. The third-order valence-corrected chi connectivity index (χ3v) is 3.61. The maximum absolute atomic E-state index is 9.94. The van der Waals surface area contributed by atoms with Crippen LogP contribution in [0.1, 0.15) is 45.4 Å². The Morgan fingerprint density at radius 1 is 1.25 bits per heavy atom. The van der Waals surface area contributed by atoms with E-state index in [0.29, 0.717) is 13.2 Å². The molecule has 0 bridgehead atoms. The summed E-state index contributed by atoms with van der Waals surface area (Å²) >= 11 is 0. The highest BCUT2D eigenvalue weighted by molar-refractivity contribution is 4.82. The summed E-state index contributed by atoms with van der Waals surface area (Å²) in [6, 6.07) is 0. The summed E-state index contributed by atoms with van der Waals surface area (Å²) in [6.45, 7) is 10.5. The smallest absolute Gasteiger partial charge is 0.115 e. The van der Waals surface area contributed by atoms with Gasteiger partial charge in [0.2, 0.25) is 0 Å². The van der Waals surface area contributed by atoms with Crippen molar-refractivity contribution in [2.24, 2.45) is 0 Å². The van der Waals surface area contributed by atoms with E-state index in [1.54, 1.807) is 0 Å². The zero-order valence-corrected chi connectivity index (χ0v) is 13.0. The van der Waals surface area contributed by atoms with Crippen LogP contribution in [0, 0.1) is 0 Å². The first kappa shape index (κ1) is 17.5. The Balaban J connectivity index is 1.98. The molecule has 1 heterocycles. The second-order valence-electron chi connectivity index (χ2n) is 5.58. The van der Waals surface area contributed by atoms with Gasteiger partial charge in [-0.3, -0.25) is 4.90 Å². The molecule has 1 fully saturated rings. The Hall–Kier alpha value is -0.580. The average molecular weight is 285 g/mol. The lowest BCUT2D eigenvalue weighted by Gasteiger charge is -2.28. The van der Waals surface area contributed by atoms with E-state index in [1.807, 2.05) is 0 Å². The monoisotopic (exact) mass is 285 g/mol. The summed E-state index contributed by atoms with van der Waals surface area (Å²) in [6.07, 6.45) is 6.73. The third kappa shape index (κ3) is 8.56. The molecular formula is C16H31NO3. The number of aliphatic hydroxyl groups excluding tert-OH is 1. The molecule has 0 radical (unpaired) electrons. The van der Waals surface area contributed by atoms with Gasteiger partial charge in [-0.05, 0) is 6.42 Å². The summed E-state index contributed by atoms with van der Waals surface area (Å²) < 4.78 is 10.8. The van der Waals surface area contributed by atoms with Crippen LogP contribution in [0.25, 0.3) is 0 Å². The van der Waals surface area contributed by atoms with Gasteiger partial charge in [-0.1, -0.05) is 39.2 Å². The number of hydrogen-bond donors (Lipinski definition) is 1. The number of allylic oxidation sites excluding steroid dienone is 1. The Kier molecular flexibility index (Phi) is 9.71. The molecule has 1 atom stereocenters. The normalized spacial score (nSPS) is 17.9. The predicted octanol–water partition coefficient (Wildman–Crippen LogP) is 2.57. The van der Waals surface area contributed by atoms with E-state index in [-0.39, 0.29) is 0 Å². The topological polar surface area (TPSA) is 41.9 Å². The van der Waals surface area contributed by atoms with Crippen LogP contribution in [0.3, 0.4) is 0 Å². The molecule has 0 spiro atoms. The van der Waals surface area contributed by atoms with Gasteiger partial charge in [-0.15, -0.1) is 0 Å². The Labute approximate surface area is 123 Å². The number of rotatable bonds is 11. The highest BCUT2D eigenvalue weighted by Gasteiger charge is 2.15. The molecule has 1 N–H and O–H groups in total. The summed E-state index contributed by atoms with van der Waals surface area (Å²) in [4.78, 5) is 2.21. The number of nitrogens with zero attached hydrogens (tertiary/aromatic N) is 1. The minimum Gasteiger partial charge on any atom is -0.496 e. The number of unbranched alkanes of at least 4 members (excludes halogenated alkanes) is 4. The number of morpholine rings is 1. The first-order valence-corrected chi connectivity index (χ1v) is 8.01. The van der Waals surface area contributed by atoms with E-state index >= 15 is 0 Å². The fourth-order valence-corrected chi connectivity index (χ4v) is 2.35. The summed E-state index contributed by atoms with van der Waals surface area (Å²) in [5.41, 5.74) is 0. The van der Waals surface area contributed by atoms with Crippen LogP contribution < -0.4 is 0 Å². The van der Waals surface area contributed by atoms with E-state index in [0.717, 1.165) is 44.9 Å². The van der Waals surface area contributed by atoms with Crippen LogP contribution in [0.2, 0.25) is 0 Å².